The zero-order valence-corrected chi connectivity index (χ0v) is 8.89. The highest BCUT2D eigenvalue weighted by molar-refractivity contribution is 5.85. The highest BCUT2D eigenvalue weighted by Crippen LogP contribution is 2.16. The molecule has 0 aliphatic heterocycles. The van der Waals surface area contributed by atoms with Crippen LogP contribution in [-0.4, -0.2) is 0 Å². The van der Waals surface area contributed by atoms with Crippen molar-refractivity contribution in [3.63, 3.8) is 0 Å². The molecule has 0 bridgehead atoms. The van der Waals surface area contributed by atoms with Crippen LogP contribution in [0.2, 0.25) is 0 Å². The van der Waals surface area contributed by atoms with Crippen LogP contribution in [0.5, 0.6) is 0 Å². The first-order valence-electron chi connectivity index (χ1n) is 4.47. The lowest BCUT2D eigenvalue weighted by Crippen LogP contribution is -1.62. The Kier molecular flexibility index (Phi) is 4.51. The van der Waals surface area contributed by atoms with Crippen LogP contribution in [0.15, 0.2) is 70.9 Å². The molecule has 0 amide bonds. The topological polar surface area (TPSA) is 24.7 Å². The van der Waals surface area contributed by atoms with Gasteiger partial charge in [-0.05, 0) is 24.3 Å². The number of azo groups is 1. The highest BCUT2D eigenvalue weighted by Gasteiger charge is 1.86. The molecule has 2 aromatic rings. The first kappa shape index (κ1) is 11.4. The fourth-order valence-corrected chi connectivity index (χ4v) is 1.10. The Morgan fingerprint density at radius 1 is 0.533 bits per heavy atom. The molecule has 76 valence electrons. The van der Waals surface area contributed by atoms with E-state index in [2.05, 4.69) is 10.2 Å². The maximum atomic E-state index is 4.10. The quantitative estimate of drug-likeness (QED) is 0.662. The van der Waals surface area contributed by atoms with Crippen LogP contribution in [0.4, 0.5) is 11.4 Å². The van der Waals surface area contributed by atoms with Crippen molar-refractivity contribution in [2.75, 3.05) is 0 Å². The first-order valence-corrected chi connectivity index (χ1v) is 4.47. The van der Waals surface area contributed by atoms with Crippen molar-refractivity contribution in [3.8, 4) is 0 Å². The van der Waals surface area contributed by atoms with E-state index < -0.39 is 0 Å². The standard InChI is InChI=1S/C12H10N2.ClH/c1-3-7-11(8-4-1)13-14-12-9-5-2-6-10-12;/h1-10H;1H. The largest absolute Gasteiger partial charge is 0.151 e. The van der Waals surface area contributed by atoms with Gasteiger partial charge in [-0.15, -0.1) is 12.4 Å². The Morgan fingerprint density at radius 2 is 0.867 bits per heavy atom. The van der Waals surface area contributed by atoms with Gasteiger partial charge in [0.2, 0.25) is 0 Å². The zero-order valence-electron chi connectivity index (χ0n) is 8.08. The molecule has 2 rings (SSSR count). The van der Waals surface area contributed by atoms with Crippen LogP contribution in [0.3, 0.4) is 0 Å². The summed E-state index contributed by atoms with van der Waals surface area (Å²) >= 11 is 0. The Bertz CT molecular complexity index is 371. The fraction of sp³-hybridized carbons (Fsp3) is 0. The van der Waals surface area contributed by atoms with E-state index in [0.717, 1.165) is 11.4 Å². The molecule has 0 saturated heterocycles. The van der Waals surface area contributed by atoms with Crippen molar-refractivity contribution in [1.82, 2.24) is 0 Å². The number of hydrogen-bond donors (Lipinski definition) is 0. The predicted molar refractivity (Wildman–Crippen MR) is 64.3 cm³/mol. The van der Waals surface area contributed by atoms with E-state index >= 15 is 0 Å². The fourth-order valence-electron chi connectivity index (χ4n) is 1.10. The molecule has 0 aliphatic carbocycles. The highest BCUT2D eigenvalue weighted by atomic mass is 35.5. The first-order chi connectivity index (χ1) is 6.95. The summed E-state index contributed by atoms with van der Waals surface area (Å²) in [5.74, 6) is 0. The van der Waals surface area contributed by atoms with Gasteiger partial charge in [-0.2, -0.15) is 10.2 Å². The molecular weight excluding hydrogens is 208 g/mol. The van der Waals surface area contributed by atoms with Crippen molar-refractivity contribution in [2.45, 2.75) is 0 Å². The molecule has 0 heterocycles. The third kappa shape index (κ3) is 3.52. The number of benzene rings is 2. The van der Waals surface area contributed by atoms with Crippen molar-refractivity contribution >= 4 is 23.8 Å². The molecule has 15 heavy (non-hydrogen) atoms. The van der Waals surface area contributed by atoms with E-state index in [1.165, 1.54) is 0 Å². The lowest BCUT2D eigenvalue weighted by molar-refractivity contribution is 1.23. The van der Waals surface area contributed by atoms with Crippen molar-refractivity contribution in [2.24, 2.45) is 10.2 Å². The Morgan fingerprint density at radius 3 is 1.20 bits per heavy atom. The second-order valence-electron chi connectivity index (χ2n) is 2.87. The molecule has 0 fully saturated rings. The minimum Gasteiger partial charge on any atom is -0.151 e. The number of hydrogen-bond acceptors (Lipinski definition) is 2. The Hall–Kier alpha value is -1.67. The lowest BCUT2D eigenvalue weighted by Gasteiger charge is -1.91. The molecule has 0 spiro atoms. The van der Waals surface area contributed by atoms with Gasteiger partial charge in [-0.1, -0.05) is 36.4 Å². The van der Waals surface area contributed by atoms with Crippen LogP contribution in [-0.2, 0) is 0 Å². The van der Waals surface area contributed by atoms with Gasteiger partial charge in [0.1, 0.15) is 0 Å². The summed E-state index contributed by atoms with van der Waals surface area (Å²) in [5.41, 5.74) is 1.74. The summed E-state index contributed by atoms with van der Waals surface area (Å²) in [6.07, 6.45) is 0. The summed E-state index contributed by atoms with van der Waals surface area (Å²) in [6.45, 7) is 0. The van der Waals surface area contributed by atoms with E-state index in [9.17, 15) is 0 Å². The van der Waals surface area contributed by atoms with Gasteiger partial charge in [0, 0.05) is 0 Å². The van der Waals surface area contributed by atoms with Crippen LogP contribution in [0, 0.1) is 0 Å². The number of rotatable bonds is 2. The molecule has 0 radical (unpaired) electrons. The van der Waals surface area contributed by atoms with Gasteiger partial charge >= 0.3 is 0 Å². The summed E-state index contributed by atoms with van der Waals surface area (Å²) in [4.78, 5) is 0. The van der Waals surface area contributed by atoms with E-state index in [-0.39, 0.29) is 12.4 Å². The molecule has 0 aliphatic rings. The molecule has 3 heteroatoms. The lowest BCUT2D eigenvalue weighted by atomic mass is 10.3. The Labute approximate surface area is 95.1 Å². The normalized spacial score (nSPS) is 9.87. The third-order valence-electron chi connectivity index (χ3n) is 1.79. The molecule has 0 aromatic heterocycles. The maximum Gasteiger partial charge on any atom is 0.0857 e. The monoisotopic (exact) mass is 218 g/mol. The average Bonchev–Trinajstić information content (AvgIpc) is 2.29. The van der Waals surface area contributed by atoms with E-state index in [4.69, 9.17) is 0 Å². The summed E-state index contributed by atoms with van der Waals surface area (Å²) in [7, 11) is 0. The number of halogens is 1. The van der Waals surface area contributed by atoms with Crippen molar-refractivity contribution < 1.29 is 0 Å². The smallest absolute Gasteiger partial charge is 0.0857 e. The Balaban J connectivity index is 0.00000112. The second kappa shape index (κ2) is 5.94. The van der Waals surface area contributed by atoms with Gasteiger partial charge in [-0.3, -0.25) is 0 Å². The summed E-state index contributed by atoms with van der Waals surface area (Å²) in [6, 6.07) is 19.4. The molecule has 0 unspecified atom stereocenters. The minimum atomic E-state index is 0. The van der Waals surface area contributed by atoms with E-state index in [1.807, 2.05) is 60.7 Å². The zero-order chi connectivity index (χ0) is 9.64. The molecular formula is C12H11ClN2. The van der Waals surface area contributed by atoms with Crippen molar-refractivity contribution in [1.29, 1.82) is 0 Å². The predicted octanol–water partition coefficient (Wildman–Crippen LogP) is 4.52. The third-order valence-corrected chi connectivity index (χ3v) is 1.79. The molecule has 0 saturated carbocycles. The van der Waals surface area contributed by atoms with Gasteiger partial charge in [0.25, 0.3) is 0 Å². The minimum absolute atomic E-state index is 0. The number of nitrogens with zero attached hydrogens (tertiary/aromatic N) is 2. The van der Waals surface area contributed by atoms with Gasteiger partial charge < -0.3 is 0 Å². The van der Waals surface area contributed by atoms with Gasteiger partial charge in [0.15, 0.2) is 0 Å². The molecule has 0 atom stereocenters. The van der Waals surface area contributed by atoms with Gasteiger partial charge in [-0.25, -0.2) is 0 Å². The summed E-state index contributed by atoms with van der Waals surface area (Å²) < 4.78 is 0. The summed E-state index contributed by atoms with van der Waals surface area (Å²) in [5, 5.41) is 8.20. The van der Waals surface area contributed by atoms with Crippen molar-refractivity contribution in [3.05, 3.63) is 60.7 Å². The van der Waals surface area contributed by atoms with Crippen LogP contribution in [0.1, 0.15) is 0 Å². The molecule has 0 N–H and O–H groups in total. The van der Waals surface area contributed by atoms with Crippen LogP contribution < -0.4 is 0 Å². The molecule has 2 aromatic carbocycles. The second-order valence-corrected chi connectivity index (χ2v) is 2.87. The average molecular weight is 219 g/mol. The van der Waals surface area contributed by atoms with Crippen LogP contribution in [0.25, 0.3) is 0 Å². The maximum absolute atomic E-state index is 4.10. The van der Waals surface area contributed by atoms with Gasteiger partial charge in [0.05, 0.1) is 11.4 Å². The SMILES string of the molecule is Cl.c1ccc(N=Nc2ccccc2)cc1. The van der Waals surface area contributed by atoms with Crippen LogP contribution >= 0.6 is 12.4 Å². The van der Waals surface area contributed by atoms with E-state index in [1.54, 1.807) is 0 Å². The molecule has 2 nitrogen and oxygen atoms in total. The van der Waals surface area contributed by atoms with E-state index in [0.29, 0.717) is 0 Å².